The van der Waals surface area contributed by atoms with Gasteiger partial charge in [-0.25, -0.2) is 4.79 Å². The van der Waals surface area contributed by atoms with Crippen molar-refractivity contribution in [2.45, 2.75) is 32.9 Å². The smallest absolute Gasteiger partial charge is 0.319 e. The molecule has 2 heterocycles. The van der Waals surface area contributed by atoms with E-state index in [1.165, 1.54) is 5.56 Å². The lowest BCUT2D eigenvalue weighted by Crippen LogP contribution is -2.42. The van der Waals surface area contributed by atoms with Crippen molar-refractivity contribution in [2.75, 3.05) is 18.4 Å². The lowest BCUT2D eigenvalue weighted by Gasteiger charge is -2.17. The maximum absolute atomic E-state index is 12.4. The van der Waals surface area contributed by atoms with Crippen LogP contribution in [0.5, 0.6) is 0 Å². The van der Waals surface area contributed by atoms with Gasteiger partial charge in [-0.05, 0) is 17.9 Å². The number of urea groups is 1. The summed E-state index contributed by atoms with van der Waals surface area (Å²) in [6.45, 7) is 7.01. The molecule has 0 aliphatic carbocycles. The Bertz CT molecular complexity index is 712. The molecule has 0 saturated carbocycles. The highest BCUT2D eigenvalue weighted by molar-refractivity contribution is 5.90. The van der Waals surface area contributed by atoms with E-state index in [2.05, 4.69) is 51.8 Å². The van der Waals surface area contributed by atoms with E-state index in [4.69, 9.17) is 0 Å². The van der Waals surface area contributed by atoms with Crippen LogP contribution < -0.4 is 10.6 Å². The van der Waals surface area contributed by atoms with Crippen molar-refractivity contribution in [3.8, 4) is 0 Å². The van der Waals surface area contributed by atoms with Gasteiger partial charge in [-0.3, -0.25) is 9.58 Å². The first-order chi connectivity index (χ1) is 12.0. The van der Waals surface area contributed by atoms with Gasteiger partial charge in [0.15, 0.2) is 0 Å². The summed E-state index contributed by atoms with van der Waals surface area (Å²) in [5.41, 5.74) is 3.00. The molecular weight excluding hydrogens is 314 g/mol. The summed E-state index contributed by atoms with van der Waals surface area (Å²) in [6, 6.07) is 10.5. The summed E-state index contributed by atoms with van der Waals surface area (Å²) >= 11 is 0. The minimum absolute atomic E-state index is 0.152. The van der Waals surface area contributed by atoms with Gasteiger partial charge in [-0.2, -0.15) is 5.10 Å². The zero-order valence-electron chi connectivity index (χ0n) is 15.2. The van der Waals surface area contributed by atoms with Gasteiger partial charge in [0.05, 0.1) is 11.4 Å². The third-order valence-corrected chi connectivity index (χ3v) is 4.74. The maximum atomic E-state index is 12.4. The number of carbonyl (C=O) groups excluding carboxylic acids is 1. The van der Waals surface area contributed by atoms with Gasteiger partial charge in [0.25, 0.3) is 0 Å². The molecule has 1 saturated heterocycles. The number of aryl methyl sites for hydroxylation is 2. The topological polar surface area (TPSA) is 62.2 Å². The second-order valence-electron chi connectivity index (χ2n) is 6.88. The lowest BCUT2D eigenvalue weighted by atomic mass is 10.1. The molecule has 1 fully saturated rings. The van der Waals surface area contributed by atoms with Crippen LogP contribution in [0.4, 0.5) is 10.5 Å². The highest BCUT2D eigenvalue weighted by atomic mass is 16.2. The molecule has 3 rings (SSSR count). The summed E-state index contributed by atoms with van der Waals surface area (Å²) in [5, 5.41) is 10.4. The van der Waals surface area contributed by atoms with Crippen molar-refractivity contribution in [1.29, 1.82) is 0 Å². The average Bonchev–Trinajstić information content (AvgIpc) is 3.10. The summed E-state index contributed by atoms with van der Waals surface area (Å²) in [6.07, 6.45) is 2.64. The van der Waals surface area contributed by atoms with Gasteiger partial charge in [-0.1, -0.05) is 44.2 Å². The van der Waals surface area contributed by atoms with Crippen LogP contribution in [0.2, 0.25) is 0 Å². The third kappa shape index (κ3) is 4.39. The number of amides is 2. The molecule has 0 unspecified atom stereocenters. The highest BCUT2D eigenvalue weighted by Crippen LogP contribution is 2.19. The first-order valence-corrected chi connectivity index (χ1v) is 8.91. The predicted octanol–water partition coefficient (Wildman–Crippen LogP) is 2.62. The van der Waals surface area contributed by atoms with E-state index < -0.39 is 0 Å². The molecular formula is C19H27N5O. The van der Waals surface area contributed by atoms with Crippen LogP contribution in [0, 0.1) is 5.92 Å². The largest absolute Gasteiger partial charge is 0.334 e. The van der Waals surface area contributed by atoms with Gasteiger partial charge >= 0.3 is 6.03 Å². The van der Waals surface area contributed by atoms with Gasteiger partial charge in [-0.15, -0.1) is 0 Å². The SMILES string of the molecule is CCc1nn(C)cc1NC(=O)N[C@H]1CN(Cc2ccccc2)C[C@H]1C. The van der Waals surface area contributed by atoms with Crippen molar-refractivity contribution >= 4 is 11.7 Å². The van der Waals surface area contributed by atoms with Crippen LogP contribution in [0.1, 0.15) is 25.1 Å². The first kappa shape index (κ1) is 17.5. The second kappa shape index (κ2) is 7.70. The molecule has 2 amide bonds. The van der Waals surface area contributed by atoms with Gasteiger partial charge < -0.3 is 10.6 Å². The number of aromatic nitrogens is 2. The number of nitrogens with zero attached hydrogens (tertiary/aromatic N) is 3. The molecule has 2 N–H and O–H groups in total. The Morgan fingerprint density at radius 1 is 1.28 bits per heavy atom. The zero-order chi connectivity index (χ0) is 17.8. The van der Waals surface area contributed by atoms with Crippen LogP contribution in [-0.2, 0) is 20.0 Å². The number of nitrogens with one attached hydrogen (secondary N) is 2. The van der Waals surface area contributed by atoms with Gasteiger partial charge in [0.2, 0.25) is 0 Å². The molecule has 0 bridgehead atoms. The van der Waals surface area contributed by atoms with Crippen molar-refractivity contribution in [3.63, 3.8) is 0 Å². The van der Waals surface area contributed by atoms with E-state index in [1.54, 1.807) is 4.68 Å². The number of hydrogen-bond acceptors (Lipinski definition) is 3. The van der Waals surface area contributed by atoms with E-state index in [0.29, 0.717) is 5.92 Å². The van der Waals surface area contributed by atoms with Crippen LogP contribution in [0.3, 0.4) is 0 Å². The Kier molecular flexibility index (Phi) is 5.38. The Labute approximate surface area is 149 Å². The second-order valence-corrected chi connectivity index (χ2v) is 6.88. The molecule has 6 heteroatoms. The predicted molar refractivity (Wildman–Crippen MR) is 99.4 cm³/mol. The van der Waals surface area contributed by atoms with Gasteiger partial charge in [0, 0.05) is 38.9 Å². The standard InChI is InChI=1S/C19H27N5O/c1-4-16-18(12-23(3)22-16)21-19(25)20-17-13-24(10-14(17)2)11-15-8-6-5-7-9-15/h5-9,12,14,17H,4,10-11,13H2,1-3H3,(H2,20,21,25)/t14-,17+/m1/s1. The van der Waals surface area contributed by atoms with Crippen LogP contribution in [0.25, 0.3) is 0 Å². The Hall–Kier alpha value is -2.34. The van der Waals surface area contributed by atoms with Crippen LogP contribution in [-0.4, -0.2) is 39.8 Å². The number of rotatable bonds is 5. The normalized spacial score (nSPS) is 20.6. The number of likely N-dealkylation sites (tertiary alicyclic amines) is 1. The minimum atomic E-state index is -0.152. The molecule has 2 atom stereocenters. The molecule has 25 heavy (non-hydrogen) atoms. The fraction of sp³-hybridized carbons (Fsp3) is 0.474. The van der Waals surface area contributed by atoms with E-state index >= 15 is 0 Å². The lowest BCUT2D eigenvalue weighted by molar-refractivity contribution is 0.246. The molecule has 6 nitrogen and oxygen atoms in total. The van der Waals surface area contributed by atoms with Crippen molar-refractivity contribution in [1.82, 2.24) is 20.0 Å². The zero-order valence-corrected chi connectivity index (χ0v) is 15.2. The number of benzene rings is 1. The third-order valence-electron chi connectivity index (χ3n) is 4.74. The summed E-state index contributed by atoms with van der Waals surface area (Å²) in [5.74, 6) is 0.425. The number of anilines is 1. The molecule has 134 valence electrons. The summed E-state index contributed by atoms with van der Waals surface area (Å²) in [7, 11) is 1.86. The summed E-state index contributed by atoms with van der Waals surface area (Å²) in [4.78, 5) is 14.8. The molecule has 2 aromatic rings. The first-order valence-electron chi connectivity index (χ1n) is 8.91. The molecule has 1 aromatic heterocycles. The summed E-state index contributed by atoms with van der Waals surface area (Å²) < 4.78 is 1.73. The molecule has 0 radical (unpaired) electrons. The highest BCUT2D eigenvalue weighted by Gasteiger charge is 2.30. The molecule has 1 aliphatic heterocycles. The van der Waals surface area contributed by atoms with Crippen molar-refractivity contribution in [2.24, 2.45) is 13.0 Å². The molecule has 1 aromatic carbocycles. The fourth-order valence-corrected chi connectivity index (χ4v) is 3.45. The average molecular weight is 341 g/mol. The number of hydrogen-bond donors (Lipinski definition) is 2. The number of carbonyl (C=O) groups is 1. The van der Waals surface area contributed by atoms with Gasteiger partial charge in [0.1, 0.15) is 0 Å². The van der Waals surface area contributed by atoms with Crippen LogP contribution in [0.15, 0.2) is 36.5 Å². The Morgan fingerprint density at radius 3 is 2.76 bits per heavy atom. The van der Waals surface area contributed by atoms with Crippen molar-refractivity contribution < 1.29 is 4.79 Å². The van der Waals surface area contributed by atoms with E-state index in [-0.39, 0.29) is 12.1 Å². The van der Waals surface area contributed by atoms with Crippen molar-refractivity contribution in [3.05, 3.63) is 47.8 Å². The van der Waals surface area contributed by atoms with Crippen LogP contribution >= 0.6 is 0 Å². The Morgan fingerprint density at radius 2 is 2.04 bits per heavy atom. The van der Waals surface area contributed by atoms with E-state index in [0.717, 1.165) is 37.4 Å². The quantitative estimate of drug-likeness (QED) is 0.879. The maximum Gasteiger partial charge on any atom is 0.319 e. The molecule has 1 aliphatic rings. The Balaban J connectivity index is 1.54. The monoisotopic (exact) mass is 341 g/mol. The molecule has 0 spiro atoms. The van der Waals surface area contributed by atoms with E-state index in [1.807, 2.05) is 26.2 Å². The van der Waals surface area contributed by atoms with E-state index in [9.17, 15) is 4.79 Å². The minimum Gasteiger partial charge on any atom is -0.334 e. The fourth-order valence-electron chi connectivity index (χ4n) is 3.45.